The van der Waals surface area contributed by atoms with Gasteiger partial charge in [-0.2, -0.15) is 5.10 Å². The molecule has 218 valence electrons. The van der Waals surface area contributed by atoms with Gasteiger partial charge in [0, 0.05) is 41.2 Å². The topological polar surface area (TPSA) is 146 Å². The Morgan fingerprint density at radius 2 is 1.81 bits per heavy atom. The lowest BCUT2D eigenvalue weighted by Gasteiger charge is -2.09. The monoisotopic (exact) mass is 597 g/mol. The molecule has 43 heavy (non-hydrogen) atoms. The van der Waals surface area contributed by atoms with Crippen LogP contribution in [0.1, 0.15) is 19.4 Å². The molecule has 6 rings (SSSR count). The third-order valence-corrected chi connectivity index (χ3v) is 7.69. The van der Waals surface area contributed by atoms with Crippen molar-refractivity contribution >= 4 is 43.6 Å². The van der Waals surface area contributed by atoms with Crippen LogP contribution in [0.3, 0.4) is 0 Å². The van der Waals surface area contributed by atoms with Crippen LogP contribution in [-0.2, 0) is 21.4 Å². The molecule has 4 heterocycles. The van der Waals surface area contributed by atoms with E-state index in [-0.39, 0.29) is 18.4 Å². The van der Waals surface area contributed by atoms with Gasteiger partial charge in [0.1, 0.15) is 17.2 Å². The van der Waals surface area contributed by atoms with Gasteiger partial charge in [-0.25, -0.2) is 22.5 Å². The largest absolute Gasteiger partial charge is 0.338 e. The number of rotatable bonds is 8. The summed E-state index contributed by atoms with van der Waals surface area (Å²) in [4.78, 5) is 24.3. The molecular weight excluding hydrogens is 569 g/mol. The fourth-order valence-corrected chi connectivity index (χ4v) is 5.31. The van der Waals surface area contributed by atoms with Gasteiger partial charge in [-0.15, -0.1) is 0 Å². The van der Waals surface area contributed by atoms with E-state index in [0.29, 0.717) is 33.8 Å². The SMILES string of the molecule is CC(C)C(=O)Nc1cncc(-c2ccc3[nH]nc(-c4cc5c(-c6cc(F)cc(CNS(C)(=O)=O)c6)ccnc5[nH]4)c3c2)c1. The molecular formula is C31H28FN7O3S. The van der Waals surface area contributed by atoms with Crippen molar-refractivity contribution < 1.29 is 17.6 Å². The molecule has 0 saturated heterocycles. The van der Waals surface area contributed by atoms with E-state index < -0.39 is 15.8 Å². The molecule has 0 atom stereocenters. The first-order valence-corrected chi connectivity index (χ1v) is 15.4. The number of carbonyl (C=O) groups excluding carboxylic acids is 1. The molecule has 12 heteroatoms. The number of sulfonamides is 1. The summed E-state index contributed by atoms with van der Waals surface area (Å²) in [6.07, 6.45) is 6.05. The molecule has 0 unspecified atom stereocenters. The van der Waals surface area contributed by atoms with Crippen molar-refractivity contribution in [1.82, 2.24) is 29.9 Å². The number of aromatic nitrogens is 5. The van der Waals surface area contributed by atoms with Gasteiger partial charge in [0.2, 0.25) is 15.9 Å². The second-order valence-corrected chi connectivity index (χ2v) is 12.5. The second-order valence-electron chi connectivity index (χ2n) is 10.7. The lowest BCUT2D eigenvalue weighted by atomic mass is 10.0. The highest BCUT2D eigenvalue weighted by Crippen LogP contribution is 2.35. The highest BCUT2D eigenvalue weighted by molar-refractivity contribution is 7.88. The number of hydrogen-bond acceptors (Lipinski definition) is 6. The van der Waals surface area contributed by atoms with E-state index in [0.717, 1.165) is 39.2 Å². The summed E-state index contributed by atoms with van der Waals surface area (Å²) in [6.45, 7) is 3.64. The molecule has 0 saturated carbocycles. The fraction of sp³-hybridized carbons (Fsp3) is 0.161. The van der Waals surface area contributed by atoms with Gasteiger partial charge >= 0.3 is 0 Å². The number of halogens is 1. The first-order valence-electron chi connectivity index (χ1n) is 13.5. The van der Waals surface area contributed by atoms with E-state index in [4.69, 9.17) is 0 Å². The van der Waals surface area contributed by atoms with Gasteiger partial charge in [0.15, 0.2) is 0 Å². The lowest BCUT2D eigenvalue weighted by Crippen LogP contribution is -2.21. The van der Waals surface area contributed by atoms with Crippen LogP contribution in [0.15, 0.2) is 73.2 Å². The highest BCUT2D eigenvalue weighted by Gasteiger charge is 2.16. The van der Waals surface area contributed by atoms with Gasteiger partial charge in [-0.3, -0.25) is 14.9 Å². The van der Waals surface area contributed by atoms with Crippen LogP contribution in [-0.4, -0.2) is 45.7 Å². The van der Waals surface area contributed by atoms with Crippen molar-refractivity contribution in [3.05, 3.63) is 84.6 Å². The number of hydrogen-bond donors (Lipinski definition) is 4. The number of amides is 1. The van der Waals surface area contributed by atoms with Crippen molar-refractivity contribution in [2.45, 2.75) is 20.4 Å². The van der Waals surface area contributed by atoms with Crippen molar-refractivity contribution in [3.63, 3.8) is 0 Å². The number of carbonyl (C=O) groups is 1. The van der Waals surface area contributed by atoms with Crippen LogP contribution in [0, 0.1) is 11.7 Å². The zero-order valence-electron chi connectivity index (χ0n) is 23.6. The maximum atomic E-state index is 14.6. The molecule has 10 nitrogen and oxygen atoms in total. The summed E-state index contributed by atoms with van der Waals surface area (Å²) < 4.78 is 40.1. The number of benzene rings is 2. The minimum absolute atomic E-state index is 0.0275. The summed E-state index contributed by atoms with van der Waals surface area (Å²) in [6, 6.07) is 16.0. The van der Waals surface area contributed by atoms with Crippen molar-refractivity contribution in [2.75, 3.05) is 11.6 Å². The van der Waals surface area contributed by atoms with Crippen LogP contribution in [0.4, 0.5) is 10.1 Å². The van der Waals surface area contributed by atoms with Gasteiger partial charge in [-0.05, 0) is 70.8 Å². The molecule has 0 aliphatic rings. The molecule has 4 aromatic heterocycles. The zero-order valence-corrected chi connectivity index (χ0v) is 24.4. The van der Waals surface area contributed by atoms with E-state index in [9.17, 15) is 17.6 Å². The van der Waals surface area contributed by atoms with Crippen LogP contribution < -0.4 is 10.0 Å². The number of H-pyrrole nitrogens is 2. The molecule has 0 radical (unpaired) electrons. The van der Waals surface area contributed by atoms with E-state index in [1.165, 1.54) is 12.1 Å². The number of anilines is 1. The van der Waals surface area contributed by atoms with E-state index in [1.807, 2.05) is 44.2 Å². The summed E-state index contributed by atoms with van der Waals surface area (Å²) in [5.41, 5.74) is 6.99. The van der Waals surface area contributed by atoms with Crippen LogP contribution in [0.25, 0.3) is 55.6 Å². The van der Waals surface area contributed by atoms with Crippen LogP contribution in [0.2, 0.25) is 0 Å². The summed E-state index contributed by atoms with van der Waals surface area (Å²) in [5, 5.41) is 12.2. The Labute approximate surface area is 246 Å². The Morgan fingerprint density at radius 3 is 2.60 bits per heavy atom. The van der Waals surface area contributed by atoms with Gasteiger partial charge in [-0.1, -0.05) is 19.9 Å². The molecule has 4 N–H and O–H groups in total. The van der Waals surface area contributed by atoms with Crippen molar-refractivity contribution in [2.24, 2.45) is 5.92 Å². The molecule has 0 aliphatic carbocycles. The average Bonchev–Trinajstić information content (AvgIpc) is 3.59. The van der Waals surface area contributed by atoms with Crippen molar-refractivity contribution in [3.8, 4) is 33.6 Å². The third kappa shape index (κ3) is 6.01. The predicted molar refractivity (Wildman–Crippen MR) is 165 cm³/mol. The van der Waals surface area contributed by atoms with Gasteiger partial charge in [0.25, 0.3) is 0 Å². The first kappa shape index (κ1) is 28.2. The summed E-state index contributed by atoms with van der Waals surface area (Å²) >= 11 is 0. The minimum Gasteiger partial charge on any atom is -0.338 e. The smallest absolute Gasteiger partial charge is 0.226 e. The molecule has 1 amide bonds. The molecule has 0 bridgehead atoms. The maximum absolute atomic E-state index is 14.6. The summed E-state index contributed by atoms with van der Waals surface area (Å²) in [7, 11) is -3.44. The number of fused-ring (bicyclic) bond motifs is 2. The Kier molecular flexibility index (Phi) is 7.24. The van der Waals surface area contributed by atoms with Crippen LogP contribution in [0.5, 0.6) is 0 Å². The fourth-order valence-electron chi connectivity index (χ4n) is 4.88. The van der Waals surface area contributed by atoms with Gasteiger partial charge in [0.05, 0.1) is 29.4 Å². The number of pyridine rings is 2. The zero-order chi connectivity index (χ0) is 30.3. The van der Waals surface area contributed by atoms with Gasteiger partial charge < -0.3 is 10.3 Å². The quantitative estimate of drug-likeness (QED) is 0.179. The number of nitrogens with one attached hydrogen (secondary N) is 4. The molecule has 0 spiro atoms. The van der Waals surface area contributed by atoms with E-state index in [2.05, 4.69) is 35.2 Å². The Balaban J connectivity index is 1.38. The molecule has 0 fully saturated rings. The summed E-state index contributed by atoms with van der Waals surface area (Å²) in [5.74, 6) is -0.713. The normalized spacial score (nSPS) is 11.9. The third-order valence-electron chi connectivity index (χ3n) is 7.02. The number of nitrogens with zero attached hydrogens (tertiary/aromatic N) is 3. The first-order chi connectivity index (χ1) is 20.5. The standard InChI is InChI=1S/C31H28FN7O3S/c1-17(2)31(40)36-23-11-21(15-33-16-23)19-4-5-27-26(12-19)29(39-38-27)28-13-25-24(6-7-34-30(25)37-28)20-8-18(9-22(32)10-20)14-35-43(3,41)42/h4-13,15-17,35H,14H2,1-3H3,(H,34,37)(H,36,40)(H,38,39). The van der Waals surface area contributed by atoms with E-state index in [1.54, 1.807) is 30.7 Å². The highest BCUT2D eigenvalue weighted by atomic mass is 32.2. The molecule has 0 aliphatic heterocycles. The Hall–Kier alpha value is -4.94. The molecule has 6 aromatic rings. The Morgan fingerprint density at radius 1 is 0.977 bits per heavy atom. The molecule has 2 aromatic carbocycles. The van der Waals surface area contributed by atoms with Crippen molar-refractivity contribution in [1.29, 1.82) is 0 Å². The van der Waals surface area contributed by atoms with Crippen LogP contribution >= 0.6 is 0 Å². The lowest BCUT2D eigenvalue weighted by molar-refractivity contribution is -0.118. The average molecular weight is 598 g/mol. The number of aromatic amines is 2. The minimum atomic E-state index is -3.44. The maximum Gasteiger partial charge on any atom is 0.226 e. The van der Waals surface area contributed by atoms with E-state index >= 15 is 0 Å². The second kappa shape index (κ2) is 11.0. The predicted octanol–water partition coefficient (Wildman–Crippen LogP) is 5.62. The Bertz CT molecular complexity index is 2120.